The second kappa shape index (κ2) is 5.98. The molecule has 1 aromatic heterocycles. The number of alkyl halides is 3. The molecule has 2 aromatic rings. The van der Waals surface area contributed by atoms with Gasteiger partial charge in [0.05, 0.1) is 17.3 Å². The second-order valence-electron chi connectivity index (χ2n) is 9.24. The van der Waals surface area contributed by atoms with Crippen molar-refractivity contribution in [3.8, 4) is 0 Å². The Hall–Kier alpha value is -2.58. The van der Waals surface area contributed by atoms with E-state index in [1.165, 1.54) is 6.07 Å². The van der Waals surface area contributed by atoms with Crippen LogP contribution < -0.4 is 5.32 Å². The molecule has 5 nitrogen and oxygen atoms in total. The molecule has 0 spiro atoms. The third kappa shape index (κ3) is 2.74. The van der Waals surface area contributed by atoms with E-state index in [1.54, 1.807) is 11.1 Å². The molecule has 1 aliphatic carbocycles. The molecule has 30 heavy (non-hydrogen) atoms. The fourth-order valence-electron chi connectivity index (χ4n) is 5.05. The van der Waals surface area contributed by atoms with Gasteiger partial charge in [0.15, 0.2) is 0 Å². The van der Waals surface area contributed by atoms with Crippen molar-refractivity contribution < 1.29 is 22.4 Å². The van der Waals surface area contributed by atoms with E-state index >= 15 is 0 Å². The Labute approximate surface area is 171 Å². The van der Waals surface area contributed by atoms with Crippen LogP contribution >= 0.6 is 0 Å². The Kier molecular flexibility index (Phi) is 3.87. The first-order valence-electron chi connectivity index (χ1n) is 10.0. The zero-order valence-electron chi connectivity index (χ0n) is 16.7. The maximum Gasteiger partial charge on any atom is 0.416 e. The first-order chi connectivity index (χ1) is 14.0. The average Bonchev–Trinajstić information content (AvgIpc) is 3.01. The van der Waals surface area contributed by atoms with Gasteiger partial charge >= 0.3 is 6.18 Å². The SMILES string of the molecule is CC1(C)CCNc2c(C(=O)N3CC4CC4(c4ccc(C(F)(F)F)cc4F)C3)cnn21. The predicted molar refractivity (Wildman–Crippen MR) is 102 cm³/mol. The van der Waals surface area contributed by atoms with E-state index < -0.39 is 23.0 Å². The van der Waals surface area contributed by atoms with Gasteiger partial charge in [-0.2, -0.15) is 18.3 Å². The summed E-state index contributed by atoms with van der Waals surface area (Å²) >= 11 is 0. The molecule has 1 saturated carbocycles. The third-order valence-electron chi connectivity index (χ3n) is 6.87. The lowest BCUT2D eigenvalue weighted by molar-refractivity contribution is -0.137. The van der Waals surface area contributed by atoms with Crippen LogP contribution in [-0.4, -0.2) is 40.2 Å². The summed E-state index contributed by atoms with van der Waals surface area (Å²) in [5.41, 5.74) is -1.04. The fourth-order valence-corrected chi connectivity index (χ4v) is 5.05. The largest absolute Gasteiger partial charge is 0.416 e. The van der Waals surface area contributed by atoms with Crippen LogP contribution in [0.25, 0.3) is 0 Å². The number of hydrogen-bond acceptors (Lipinski definition) is 3. The number of fused-ring (bicyclic) bond motifs is 2. The van der Waals surface area contributed by atoms with Crippen LogP contribution in [0.3, 0.4) is 0 Å². The molecule has 2 aliphatic heterocycles. The smallest absolute Gasteiger partial charge is 0.370 e. The number of amides is 1. The molecule has 2 unspecified atom stereocenters. The van der Waals surface area contributed by atoms with Crippen LogP contribution in [0.2, 0.25) is 0 Å². The number of likely N-dealkylation sites (tertiary alicyclic amines) is 1. The van der Waals surface area contributed by atoms with Crippen LogP contribution in [0, 0.1) is 11.7 Å². The molecule has 1 N–H and O–H groups in total. The zero-order chi connectivity index (χ0) is 21.5. The van der Waals surface area contributed by atoms with Gasteiger partial charge in [-0.3, -0.25) is 4.79 Å². The molecule has 160 valence electrons. The molecular weight excluding hydrogens is 400 g/mol. The van der Waals surface area contributed by atoms with Crippen LogP contribution in [0.1, 0.15) is 48.2 Å². The molecule has 2 fully saturated rings. The molecule has 1 amide bonds. The topological polar surface area (TPSA) is 50.2 Å². The summed E-state index contributed by atoms with van der Waals surface area (Å²) in [6, 6.07) is 2.72. The van der Waals surface area contributed by atoms with E-state index in [4.69, 9.17) is 0 Å². The van der Waals surface area contributed by atoms with Crippen molar-refractivity contribution in [3.63, 3.8) is 0 Å². The quantitative estimate of drug-likeness (QED) is 0.745. The lowest BCUT2D eigenvalue weighted by Gasteiger charge is -2.33. The summed E-state index contributed by atoms with van der Waals surface area (Å²) < 4.78 is 55.0. The molecule has 9 heteroatoms. The molecule has 1 aromatic carbocycles. The van der Waals surface area contributed by atoms with E-state index in [0.717, 1.165) is 19.0 Å². The van der Waals surface area contributed by atoms with Crippen molar-refractivity contribution in [1.82, 2.24) is 14.7 Å². The number of carbonyl (C=O) groups is 1. The summed E-state index contributed by atoms with van der Waals surface area (Å²) in [4.78, 5) is 14.9. The van der Waals surface area contributed by atoms with Gasteiger partial charge in [0.2, 0.25) is 0 Å². The highest BCUT2D eigenvalue weighted by atomic mass is 19.4. The Morgan fingerprint density at radius 2 is 2.07 bits per heavy atom. The molecule has 1 saturated heterocycles. The van der Waals surface area contributed by atoms with Gasteiger partial charge in [0.1, 0.15) is 17.2 Å². The monoisotopic (exact) mass is 422 g/mol. The minimum Gasteiger partial charge on any atom is -0.370 e. The van der Waals surface area contributed by atoms with Crippen molar-refractivity contribution in [3.05, 3.63) is 46.9 Å². The summed E-state index contributed by atoms with van der Waals surface area (Å²) in [5.74, 6) is -0.289. The molecule has 3 heterocycles. The number of piperidine rings is 1. The molecule has 0 bridgehead atoms. The van der Waals surface area contributed by atoms with Crippen LogP contribution in [-0.2, 0) is 17.1 Å². The molecular formula is C21H22F4N4O. The number of aromatic nitrogens is 2. The third-order valence-corrected chi connectivity index (χ3v) is 6.87. The maximum absolute atomic E-state index is 14.6. The molecule has 5 rings (SSSR count). The number of halogens is 4. The van der Waals surface area contributed by atoms with Crippen LogP contribution in [0.4, 0.5) is 23.4 Å². The number of nitrogens with zero attached hydrogens (tertiary/aromatic N) is 3. The summed E-state index contributed by atoms with van der Waals surface area (Å²) in [6.07, 6.45) is -1.46. The predicted octanol–water partition coefficient (Wildman–Crippen LogP) is 4.01. The lowest BCUT2D eigenvalue weighted by Crippen LogP contribution is -2.37. The van der Waals surface area contributed by atoms with Crippen molar-refractivity contribution in [2.75, 3.05) is 25.0 Å². The maximum atomic E-state index is 14.6. The highest BCUT2D eigenvalue weighted by molar-refractivity contribution is 5.99. The number of benzene rings is 1. The second-order valence-corrected chi connectivity index (χ2v) is 9.24. The standard InChI is InChI=1S/C21H22F4N4O/c1-19(2)5-6-26-17-14(9-27-29(17)19)18(30)28-10-13-8-20(13,11-28)15-4-3-12(7-16(15)22)21(23,24)25/h3-4,7,9,13,26H,5-6,8,10-11H2,1-2H3. The summed E-state index contributed by atoms with van der Waals surface area (Å²) in [6.45, 7) is 5.63. The summed E-state index contributed by atoms with van der Waals surface area (Å²) in [7, 11) is 0. The highest BCUT2D eigenvalue weighted by Gasteiger charge is 2.62. The van der Waals surface area contributed by atoms with Crippen molar-refractivity contribution in [2.45, 2.75) is 43.8 Å². The minimum atomic E-state index is -4.58. The minimum absolute atomic E-state index is 0.0588. The van der Waals surface area contributed by atoms with Gasteiger partial charge in [-0.1, -0.05) is 6.07 Å². The van der Waals surface area contributed by atoms with E-state index in [1.807, 2.05) is 4.68 Å². The molecule has 3 aliphatic rings. The Balaban J connectivity index is 1.40. The van der Waals surface area contributed by atoms with Gasteiger partial charge < -0.3 is 10.2 Å². The van der Waals surface area contributed by atoms with Gasteiger partial charge in [0, 0.05) is 25.0 Å². The Bertz CT molecular complexity index is 1040. The number of hydrogen-bond donors (Lipinski definition) is 1. The van der Waals surface area contributed by atoms with Crippen molar-refractivity contribution in [2.24, 2.45) is 5.92 Å². The van der Waals surface area contributed by atoms with E-state index in [-0.39, 0.29) is 22.9 Å². The van der Waals surface area contributed by atoms with Gasteiger partial charge in [-0.25, -0.2) is 9.07 Å². The average molecular weight is 422 g/mol. The van der Waals surface area contributed by atoms with E-state index in [0.29, 0.717) is 37.0 Å². The molecule has 2 atom stereocenters. The fraction of sp³-hybridized carbons (Fsp3) is 0.524. The number of carbonyl (C=O) groups excluding carboxylic acids is 1. The van der Waals surface area contributed by atoms with Crippen LogP contribution in [0.15, 0.2) is 24.4 Å². The lowest BCUT2D eigenvalue weighted by atomic mass is 9.93. The van der Waals surface area contributed by atoms with Gasteiger partial charge in [-0.15, -0.1) is 0 Å². The summed E-state index contributed by atoms with van der Waals surface area (Å²) in [5, 5.41) is 7.65. The van der Waals surface area contributed by atoms with Gasteiger partial charge in [0.25, 0.3) is 5.91 Å². The van der Waals surface area contributed by atoms with E-state index in [9.17, 15) is 22.4 Å². The van der Waals surface area contributed by atoms with Crippen LogP contribution in [0.5, 0.6) is 0 Å². The number of rotatable bonds is 2. The first-order valence-corrected chi connectivity index (χ1v) is 10.0. The zero-order valence-corrected chi connectivity index (χ0v) is 16.7. The Morgan fingerprint density at radius 1 is 1.30 bits per heavy atom. The number of nitrogens with one attached hydrogen (secondary N) is 1. The molecule has 0 radical (unpaired) electrons. The Morgan fingerprint density at radius 3 is 2.77 bits per heavy atom. The highest BCUT2D eigenvalue weighted by Crippen LogP contribution is 2.60. The van der Waals surface area contributed by atoms with Crippen molar-refractivity contribution >= 4 is 11.7 Å². The van der Waals surface area contributed by atoms with Gasteiger partial charge in [-0.05, 0) is 50.3 Å². The van der Waals surface area contributed by atoms with E-state index in [2.05, 4.69) is 24.3 Å². The first kappa shape index (κ1) is 19.4. The van der Waals surface area contributed by atoms with Crippen molar-refractivity contribution in [1.29, 1.82) is 0 Å². The number of anilines is 1. The normalized spacial score (nSPS) is 26.7.